The maximum absolute atomic E-state index is 12.4. The normalized spacial score (nSPS) is 24.4. The Morgan fingerprint density at radius 2 is 2.10 bits per heavy atom. The third kappa shape index (κ3) is 1.94. The van der Waals surface area contributed by atoms with Gasteiger partial charge in [-0.25, -0.2) is 4.79 Å². The Kier molecular flexibility index (Phi) is 2.75. The second-order valence-corrected chi connectivity index (χ2v) is 6.83. The number of aryl methyl sites for hydroxylation is 1. The number of nitrogen functional groups attached to an aromatic ring is 1. The van der Waals surface area contributed by atoms with E-state index >= 15 is 0 Å². The molecule has 20 heavy (non-hydrogen) atoms. The molecule has 1 spiro atoms. The van der Waals surface area contributed by atoms with Gasteiger partial charge in [0.15, 0.2) is 0 Å². The third-order valence-electron chi connectivity index (χ3n) is 4.32. The summed E-state index contributed by atoms with van der Waals surface area (Å²) in [6.45, 7) is 6.47. The van der Waals surface area contributed by atoms with Gasteiger partial charge in [0.25, 0.3) is 0 Å². The van der Waals surface area contributed by atoms with Crippen LogP contribution in [0, 0.1) is 0 Å². The number of ether oxygens (including phenoxy) is 1. The molecule has 1 aliphatic heterocycles. The molecule has 0 bridgehead atoms. The molecule has 1 aromatic carbocycles. The van der Waals surface area contributed by atoms with Crippen molar-refractivity contribution < 1.29 is 9.53 Å². The van der Waals surface area contributed by atoms with Crippen molar-refractivity contribution in [2.24, 2.45) is 0 Å². The van der Waals surface area contributed by atoms with E-state index in [0.29, 0.717) is 0 Å². The van der Waals surface area contributed by atoms with E-state index in [-0.39, 0.29) is 11.6 Å². The van der Waals surface area contributed by atoms with Gasteiger partial charge in [0.2, 0.25) is 0 Å². The number of amides is 1. The molecule has 1 amide bonds. The molecule has 1 saturated heterocycles. The topological polar surface area (TPSA) is 55.6 Å². The predicted molar refractivity (Wildman–Crippen MR) is 78.4 cm³/mol. The molecule has 1 heterocycles. The number of likely N-dealkylation sites (tertiary alicyclic amines) is 1. The van der Waals surface area contributed by atoms with Crippen molar-refractivity contribution in [1.29, 1.82) is 0 Å². The number of anilines is 1. The molecule has 4 heteroatoms. The van der Waals surface area contributed by atoms with E-state index in [1.54, 1.807) is 0 Å². The Bertz CT molecular complexity index is 562. The first-order valence-electron chi connectivity index (χ1n) is 7.21. The second-order valence-electron chi connectivity index (χ2n) is 6.83. The molecular weight excluding hydrogens is 252 g/mol. The Morgan fingerprint density at radius 1 is 1.35 bits per heavy atom. The Balaban J connectivity index is 1.89. The fourth-order valence-corrected chi connectivity index (χ4v) is 3.34. The average molecular weight is 274 g/mol. The standard InChI is InChI=1S/C16H22N2O2/c1-15(2,3)20-14(19)18-9-8-16(18)7-6-11-4-5-12(17)10-13(11)16/h4-5,10H,6-9,17H2,1-3H3/t16-/m0/s1. The molecule has 1 atom stereocenters. The van der Waals surface area contributed by atoms with Gasteiger partial charge in [-0.05, 0) is 63.3 Å². The summed E-state index contributed by atoms with van der Waals surface area (Å²) < 4.78 is 5.53. The zero-order valence-corrected chi connectivity index (χ0v) is 12.4. The highest BCUT2D eigenvalue weighted by Gasteiger charge is 2.53. The van der Waals surface area contributed by atoms with Crippen LogP contribution in [-0.4, -0.2) is 23.1 Å². The van der Waals surface area contributed by atoms with Gasteiger partial charge >= 0.3 is 6.09 Å². The molecule has 4 nitrogen and oxygen atoms in total. The summed E-state index contributed by atoms with van der Waals surface area (Å²) in [5.41, 5.74) is 8.59. The molecule has 0 saturated carbocycles. The van der Waals surface area contributed by atoms with Gasteiger partial charge < -0.3 is 10.5 Å². The first-order chi connectivity index (χ1) is 9.32. The van der Waals surface area contributed by atoms with E-state index in [0.717, 1.165) is 31.5 Å². The highest BCUT2D eigenvalue weighted by molar-refractivity contribution is 5.72. The Labute approximate surface area is 119 Å². The van der Waals surface area contributed by atoms with Crippen molar-refractivity contribution >= 4 is 11.8 Å². The number of nitrogens with two attached hydrogens (primary N) is 1. The second kappa shape index (κ2) is 4.14. The number of carbonyl (C=O) groups is 1. The lowest BCUT2D eigenvalue weighted by Crippen LogP contribution is -2.59. The lowest BCUT2D eigenvalue weighted by molar-refractivity contribution is -0.0470. The number of nitrogens with zero attached hydrogens (tertiary/aromatic N) is 1. The van der Waals surface area contributed by atoms with E-state index in [9.17, 15) is 4.79 Å². The van der Waals surface area contributed by atoms with Gasteiger partial charge in [0.05, 0.1) is 5.54 Å². The summed E-state index contributed by atoms with van der Waals surface area (Å²) >= 11 is 0. The number of benzene rings is 1. The lowest BCUT2D eigenvalue weighted by Gasteiger charge is -2.51. The van der Waals surface area contributed by atoms with E-state index in [1.807, 2.05) is 37.8 Å². The van der Waals surface area contributed by atoms with Gasteiger partial charge in [-0.2, -0.15) is 0 Å². The van der Waals surface area contributed by atoms with Crippen molar-refractivity contribution in [3.63, 3.8) is 0 Å². The fourth-order valence-electron chi connectivity index (χ4n) is 3.34. The van der Waals surface area contributed by atoms with Crippen molar-refractivity contribution in [3.8, 4) is 0 Å². The largest absolute Gasteiger partial charge is 0.444 e. The molecule has 3 rings (SSSR count). The Morgan fingerprint density at radius 3 is 2.70 bits per heavy atom. The summed E-state index contributed by atoms with van der Waals surface area (Å²) in [4.78, 5) is 14.2. The van der Waals surface area contributed by atoms with Crippen LogP contribution in [0.25, 0.3) is 0 Å². The van der Waals surface area contributed by atoms with Crippen LogP contribution >= 0.6 is 0 Å². The highest BCUT2D eigenvalue weighted by atomic mass is 16.6. The van der Waals surface area contributed by atoms with Crippen LogP contribution < -0.4 is 5.73 Å². The first-order valence-corrected chi connectivity index (χ1v) is 7.21. The molecule has 2 N–H and O–H groups in total. The molecular formula is C16H22N2O2. The van der Waals surface area contributed by atoms with Crippen LogP contribution in [0.2, 0.25) is 0 Å². The Hall–Kier alpha value is -1.71. The summed E-state index contributed by atoms with van der Waals surface area (Å²) in [6, 6.07) is 6.05. The minimum absolute atomic E-state index is 0.174. The van der Waals surface area contributed by atoms with Crippen molar-refractivity contribution in [2.75, 3.05) is 12.3 Å². The lowest BCUT2D eigenvalue weighted by atomic mass is 9.79. The maximum Gasteiger partial charge on any atom is 0.411 e. The fraction of sp³-hybridized carbons (Fsp3) is 0.562. The summed E-state index contributed by atoms with van der Waals surface area (Å²) in [5.74, 6) is 0. The molecule has 0 unspecified atom stereocenters. The van der Waals surface area contributed by atoms with E-state index < -0.39 is 5.60 Å². The monoisotopic (exact) mass is 274 g/mol. The van der Waals surface area contributed by atoms with Gasteiger partial charge in [0, 0.05) is 12.2 Å². The zero-order valence-electron chi connectivity index (χ0n) is 12.4. The highest BCUT2D eigenvalue weighted by Crippen LogP contribution is 2.50. The third-order valence-corrected chi connectivity index (χ3v) is 4.32. The van der Waals surface area contributed by atoms with Crippen LogP contribution in [0.4, 0.5) is 10.5 Å². The molecule has 2 aliphatic rings. The van der Waals surface area contributed by atoms with E-state index in [1.165, 1.54) is 11.1 Å². The zero-order chi connectivity index (χ0) is 14.5. The van der Waals surface area contributed by atoms with Crippen LogP contribution in [0.1, 0.15) is 44.7 Å². The number of hydrogen-bond donors (Lipinski definition) is 1. The number of fused-ring (bicyclic) bond motifs is 2. The molecule has 0 radical (unpaired) electrons. The van der Waals surface area contributed by atoms with E-state index in [4.69, 9.17) is 10.5 Å². The van der Waals surface area contributed by atoms with Crippen molar-refractivity contribution in [3.05, 3.63) is 29.3 Å². The predicted octanol–water partition coefficient (Wildman–Crippen LogP) is 3.05. The van der Waals surface area contributed by atoms with Crippen molar-refractivity contribution in [2.45, 2.75) is 51.2 Å². The SMILES string of the molecule is CC(C)(C)OC(=O)N1CC[C@]12CCc1ccc(N)cc12. The molecule has 1 aromatic rings. The number of hydrogen-bond acceptors (Lipinski definition) is 3. The van der Waals surface area contributed by atoms with Gasteiger partial charge in [-0.1, -0.05) is 6.07 Å². The summed E-state index contributed by atoms with van der Waals surface area (Å²) in [7, 11) is 0. The summed E-state index contributed by atoms with van der Waals surface area (Å²) in [5, 5.41) is 0. The quantitative estimate of drug-likeness (QED) is 0.740. The maximum atomic E-state index is 12.4. The minimum Gasteiger partial charge on any atom is -0.444 e. The smallest absolute Gasteiger partial charge is 0.411 e. The number of rotatable bonds is 0. The minimum atomic E-state index is -0.453. The first kappa shape index (κ1) is 13.3. The van der Waals surface area contributed by atoms with Crippen LogP contribution in [0.15, 0.2) is 18.2 Å². The summed E-state index contributed by atoms with van der Waals surface area (Å²) in [6.07, 6.45) is 2.78. The molecule has 0 aromatic heterocycles. The van der Waals surface area contributed by atoms with Crippen LogP contribution in [0.3, 0.4) is 0 Å². The van der Waals surface area contributed by atoms with Gasteiger partial charge in [-0.15, -0.1) is 0 Å². The van der Waals surface area contributed by atoms with Crippen molar-refractivity contribution in [1.82, 2.24) is 4.90 Å². The van der Waals surface area contributed by atoms with Gasteiger partial charge in [0.1, 0.15) is 5.60 Å². The average Bonchev–Trinajstić information content (AvgIpc) is 2.65. The molecule has 1 aliphatic carbocycles. The van der Waals surface area contributed by atoms with Gasteiger partial charge in [-0.3, -0.25) is 4.90 Å². The number of carbonyl (C=O) groups excluding carboxylic acids is 1. The molecule has 108 valence electrons. The van der Waals surface area contributed by atoms with Crippen LogP contribution in [-0.2, 0) is 16.7 Å². The van der Waals surface area contributed by atoms with E-state index in [2.05, 4.69) is 6.07 Å². The van der Waals surface area contributed by atoms with Crippen LogP contribution in [0.5, 0.6) is 0 Å². The molecule has 1 fully saturated rings.